The molecule has 1 aliphatic heterocycles. The van der Waals surface area contributed by atoms with Crippen molar-refractivity contribution in [2.45, 2.75) is 52.1 Å². The number of hydrogen-bond donors (Lipinski definition) is 2. The molecular formula is C13H26N2O3S. The molecule has 1 rings (SSSR count). The quantitative estimate of drug-likeness (QED) is 0.755. The maximum Gasteiger partial charge on any atom is 0.221 e. The molecule has 0 bridgehead atoms. The minimum Gasteiger partial charge on any atom is -0.354 e. The summed E-state index contributed by atoms with van der Waals surface area (Å²) in [7, 11) is -2.97. The zero-order valence-corrected chi connectivity index (χ0v) is 12.9. The Labute approximate surface area is 116 Å². The first-order chi connectivity index (χ1) is 8.78. The molecule has 0 aliphatic carbocycles. The van der Waals surface area contributed by atoms with Crippen LogP contribution in [0.4, 0.5) is 0 Å². The Kier molecular flexibility index (Phi) is 6.26. The summed E-state index contributed by atoms with van der Waals surface area (Å²) in [5, 5.41) is 6.03. The number of amides is 1. The van der Waals surface area contributed by atoms with Gasteiger partial charge in [-0.15, -0.1) is 0 Å². The van der Waals surface area contributed by atoms with Crippen molar-refractivity contribution in [3.05, 3.63) is 0 Å². The first-order valence-electron chi connectivity index (χ1n) is 7.01. The lowest BCUT2D eigenvalue weighted by atomic mass is 10.0. The average molecular weight is 290 g/mol. The number of nitrogens with one attached hydrogen (secondary N) is 2. The van der Waals surface area contributed by atoms with Gasteiger partial charge in [-0.25, -0.2) is 8.42 Å². The molecule has 112 valence electrons. The Morgan fingerprint density at radius 2 is 2.00 bits per heavy atom. The largest absolute Gasteiger partial charge is 0.354 e. The number of carbonyl (C=O) groups is 1. The fourth-order valence-corrected chi connectivity index (χ4v) is 3.66. The molecule has 2 atom stereocenters. The number of carbonyl (C=O) groups excluding carboxylic acids is 1. The fourth-order valence-electron chi connectivity index (χ4n) is 2.21. The zero-order valence-electron chi connectivity index (χ0n) is 12.1. The lowest BCUT2D eigenvalue weighted by Crippen LogP contribution is -2.48. The van der Waals surface area contributed by atoms with Crippen molar-refractivity contribution in [2.24, 2.45) is 5.92 Å². The second-order valence-electron chi connectivity index (χ2n) is 5.91. The molecule has 5 nitrogen and oxygen atoms in total. The smallest absolute Gasteiger partial charge is 0.221 e. The first kappa shape index (κ1) is 16.4. The van der Waals surface area contributed by atoms with Crippen molar-refractivity contribution in [3.8, 4) is 0 Å². The van der Waals surface area contributed by atoms with E-state index in [0.717, 1.165) is 12.8 Å². The van der Waals surface area contributed by atoms with E-state index in [2.05, 4.69) is 24.5 Å². The maximum atomic E-state index is 11.8. The summed E-state index contributed by atoms with van der Waals surface area (Å²) in [5.41, 5.74) is 0. The fraction of sp³-hybridized carbons (Fsp3) is 0.923. The van der Waals surface area contributed by atoms with Gasteiger partial charge in [0.1, 0.15) is 0 Å². The molecule has 6 heteroatoms. The lowest BCUT2D eigenvalue weighted by molar-refractivity contribution is -0.122. The molecule has 1 fully saturated rings. The Morgan fingerprint density at radius 1 is 1.32 bits per heavy atom. The lowest BCUT2D eigenvalue weighted by Gasteiger charge is -2.24. The summed E-state index contributed by atoms with van der Waals surface area (Å²) >= 11 is 0. The molecule has 0 aromatic rings. The van der Waals surface area contributed by atoms with Gasteiger partial charge in [0.15, 0.2) is 9.84 Å². The number of rotatable bonds is 6. The van der Waals surface area contributed by atoms with E-state index in [0.29, 0.717) is 12.5 Å². The standard InChI is InChI=1S/C13H26N2O3S/c1-10(2)4-5-11(3)15-13(16)8-12-9-19(17,18)7-6-14-12/h10-12,14H,4-9H2,1-3H3,(H,15,16). The molecule has 0 aromatic carbocycles. The van der Waals surface area contributed by atoms with Crippen LogP contribution in [0, 0.1) is 5.92 Å². The molecule has 1 heterocycles. The summed E-state index contributed by atoms with van der Waals surface area (Å²) in [6.07, 6.45) is 2.28. The van der Waals surface area contributed by atoms with Gasteiger partial charge < -0.3 is 10.6 Å². The average Bonchev–Trinajstić information content (AvgIpc) is 2.24. The highest BCUT2D eigenvalue weighted by molar-refractivity contribution is 7.91. The molecule has 0 aromatic heterocycles. The summed E-state index contributed by atoms with van der Waals surface area (Å²) in [5.74, 6) is 0.812. The molecule has 1 amide bonds. The maximum absolute atomic E-state index is 11.8. The van der Waals surface area contributed by atoms with Crippen LogP contribution in [0.2, 0.25) is 0 Å². The van der Waals surface area contributed by atoms with E-state index in [1.165, 1.54) is 0 Å². The van der Waals surface area contributed by atoms with E-state index in [9.17, 15) is 13.2 Å². The van der Waals surface area contributed by atoms with Crippen molar-refractivity contribution in [2.75, 3.05) is 18.1 Å². The molecule has 2 unspecified atom stereocenters. The summed E-state index contributed by atoms with van der Waals surface area (Å²) in [6.45, 7) is 6.76. The molecule has 1 aliphatic rings. The highest BCUT2D eigenvalue weighted by Gasteiger charge is 2.26. The second-order valence-corrected chi connectivity index (χ2v) is 8.14. The van der Waals surface area contributed by atoms with E-state index < -0.39 is 9.84 Å². The van der Waals surface area contributed by atoms with Gasteiger partial charge in [0.25, 0.3) is 0 Å². The van der Waals surface area contributed by atoms with E-state index in [1.54, 1.807) is 0 Å². The molecular weight excluding hydrogens is 264 g/mol. The van der Waals surface area contributed by atoms with Gasteiger partial charge in [-0.1, -0.05) is 13.8 Å². The molecule has 19 heavy (non-hydrogen) atoms. The van der Waals surface area contributed by atoms with Crippen LogP contribution in [-0.4, -0.2) is 44.5 Å². The topological polar surface area (TPSA) is 75.3 Å². The molecule has 0 spiro atoms. The Morgan fingerprint density at radius 3 is 2.58 bits per heavy atom. The van der Waals surface area contributed by atoms with E-state index in [-0.39, 0.29) is 35.9 Å². The van der Waals surface area contributed by atoms with Gasteiger partial charge >= 0.3 is 0 Å². The van der Waals surface area contributed by atoms with Crippen LogP contribution in [0.15, 0.2) is 0 Å². The molecule has 0 radical (unpaired) electrons. The third kappa shape index (κ3) is 6.92. The summed E-state index contributed by atoms with van der Waals surface area (Å²) in [4.78, 5) is 11.8. The van der Waals surface area contributed by atoms with Crippen LogP contribution in [0.1, 0.15) is 40.0 Å². The van der Waals surface area contributed by atoms with Crippen LogP contribution in [-0.2, 0) is 14.6 Å². The van der Waals surface area contributed by atoms with E-state index >= 15 is 0 Å². The van der Waals surface area contributed by atoms with Gasteiger partial charge in [-0.2, -0.15) is 0 Å². The van der Waals surface area contributed by atoms with Gasteiger partial charge in [-0.05, 0) is 25.7 Å². The minimum absolute atomic E-state index is 0.0640. The predicted octanol–water partition coefficient (Wildman–Crippen LogP) is 0.704. The third-order valence-electron chi connectivity index (χ3n) is 3.32. The molecule has 1 saturated heterocycles. The zero-order chi connectivity index (χ0) is 14.5. The molecule has 2 N–H and O–H groups in total. The van der Waals surface area contributed by atoms with Gasteiger partial charge in [0.05, 0.1) is 11.5 Å². The van der Waals surface area contributed by atoms with Gasteiger partial charge in [0, 0.05) is 25.0 Å². The number of sulfone groups is 1. The molecule has 0 saturated carbocycles. The second kappa shape index (κ2) is 7.24. The van der Waals surface area contributed by atoms with Crippen molar-refractivity contribution in [1.82, 2.24) is 10.6 Å². The van der Waals surface area contributed by atoms with Crippen molar-refractivity contribution in [1.29, 1.82) is 0 Å². The monoisotopic (exact) mass is 290 g/mol. The van der Waals surface area contributed by atoms with Crippen LogP contribution in [0.5, 0.6) is 0 Å². The summed E-state index contributed by atoms with van der Waals surface area (Å²) < 4.78 is 22.9. The normalized spacial score (nSPS) is 24.1. The van der Waals surface area contributed by atoms with E-state index in [1.807, 2.05) is 6.92 Å². The Balaban J connectivity index is 2.30. The van der Waals surface area contributed by atoms with Crippen LogP contribution in [0.3, 0.4) is 0 Å². The van der Waals surface area contributed by atoms with Crippen LogP contribution in [0.25, 0.3) is 0 Å². The van der Waals surface area contributed by atoms with Crippen molar-refractivity contribution < 1.29 is 13.2 Å². The van der Waals surface area contributed by atoms with E-state index in [4.69, 9.17) is 0 Å². The number of hydrogen-bond acceptors (Lipinski definition) is 4. The van der Waals surface area contributed by atoms with Crippen molar-refractivity contribution >= 4 is 15.7 Å². The van der Waals surface area contributed by atoms with Crippen molar-refractivity contribution in [3.63, 3.8) is 0 Å². The third-order valence-corrected chi connectivity index (χ3v) is 5.05. The van der Waals surface area contributed by atoms with Crippen LogP contribution < -0.4 is 10.6 Å². The highest BCUT2D eigenvalue weighted by atomic mass is 32.2. The van der Waals surface area contributed by atoms with Gasteiger partial charge in [0.2, 0.25) is 5.91 Å². The Bertz CT molecular complexity index is 393. The first-order valence-corrected chi connectivity index (χ1v) is 8.84. The van der Waals surface area contributed by atoms with Gasteiger partial charge in [-0.3, -0.25) is 4.79 Å². The van der Waals surface area contributed by atoms with Crippen LogP contribution >= 0.6 is 0 Å². The Hall–Kier alpha value is -0.620. The minimum atomic E-state index is -2.97. The highest BCUT2D eigenvalue weighted by Crippen LogP contribution is 2.08. The summed E-state index contributed by atoms with van der Waals surface area (Å²) in [6, 6.07) is -0.0915. The SMILES string of the molecule is CC(C)CCC(C)NC(=O)CC1CS(=O)(=O)CCN1. The predicted molar refractivity (Wildman–Crippen MR) is 76.7 cm³/mol.